The SMILES string of the molecule is [CH2-]C1CCCN(C(=O)OC(C)(C)C)C1.[Zn+2]. The number of piperidine rings is 1. The molecule has 1 aliphatic heterocycles. The first-order valence-electron chi connectivity index (χ1n) is 5.19. The fraction of sp³-hybridized carbons (Fsp3) is 0.818. The number of ether oxygens (including phenoxy) is 1. The van der Waals surface area contributed by atoms with Gasteiger partial charge in [-0.15, -0.1) is 0 Å². The minimum absolute atomic E-state index is 0. The normalized spacial score (nSPS) is 21.9. The summed E-state index contributed by atoms with van der Waals surface area (Å²) < 4.78 is 5.28. The van der Waals surface area contributed by atoms with Crippen molar-refractivity contribution in [3.8, 4) is 0 Å². The second-order valence-corrected chi connectivity index (χ2v) is 4.93. The van der Waals surface area contributed by atoms with E-state index < -0.39 is 5.60 Å². The number of hydrogen-bond acceptors (Lipinski definition) is 2. The number of hydrogen-bond donors (Lipinski definition) is 0. The molecule has 0 aromatic carbocycles. The minimum atomic E-state index is -0.398. The number of rotatable bonds is 0. The van der Waals surface area contributed by atoms with Gasteiger partial charge in [0.05, 0.1) is 0 Å². The minimum Gasteiger partial charge on any atom is -0.444 e. The van der Waals surface area contributed by atoms with Gasteiger partial charge >= 0.3 is 25.6 Å². The van der Waals surface area contributed by atoms with Crippen molar-refractivity contribution < 1.29 is 29.0 Å². The van der Waals surface area contributed by atoms with Crippen LogP contribution in [-0.4, -0.2) is 29.7 Å². The topological polar surface area (TPSA) is 29.5 Å². The maximum Gasteiger partial charge on any atom is 2.00 e. The van der Waals surface area contributed by atoms with Gasteiger partial charge in [-0.2, -0.15) is 5.92 Å². The fourth-order valence-electron chi connectivity index (χ4n) is 1.56. The maximum atomic E-state index is 11.6. The molecule has 3 nitrogen and oxygen atoms in total. The van der Waals surface area contributed by atoms with Crippen molar-refractivity contribution >= 4 is 6.09 Å². The van der Waals surface area contributed by atoms with Crippen LogP contribution in [0.3, 0.4) is 0 Å². The van der Waals surface area contributed by atoms with Crippen LogP contribution in [0.2, 0.25) is 0 Å². The predicted molar refractivity (Wildman–Crippen MR) is 55.9 cm³/mol. The molecular weight excluding hydrogens is 244 g/mol. The van der Waals surface area contributed by atoms with Crippen molar-refractivity contribution in [3.05, 3.63) is 6.92 Å². The second kappa shape index (κ2) is 5.84. The first-order chi connectivity index (χ1) is 6.38. The molecule has 1 fully saturated rings. The molecule has 0 aliphatic carbocycles. The molecular formula is C11H20NO2Zn+. The van der Waals surface area contributed by atoms with E-state index in [0.29, 0.717) is 5.92 Å². The third-order valence-electron chi connectivity index (χ3n) is 2.17. The number of carbonyl (C=O) groups excluding carboxylic acids is 1. The Bertz CT molecular complexity index is 213. The van der Waals surface area contributed by atoms with E-state index in [1.807, 2.05) is 20.8 Å². The smallest absolute Gasteiger partial charge is 0.444 e. The van der Waals surface area contributed by atoms with Gasteiger partial charge in [-0.1, -0.05) is 6.42 Å². The van der Waals surface area contributed by atoms with Crippen molar-refractivity contribution in [2.45, 2.75) is 39.2 Å². The average Bonchev–Trinajstić information content (AvgIpc) is 2.01. The van der Waals surface area contributed by atoms with Gasteiger partial charge in [0.25, 0.3) is 0 Å². The molecule has 0 spiro atoms. The summed E-state index contributed by atoms with van der Waals surface area (Å²) in [5, 5.41) is 0. The molecule has 1 rings (SSSR count). The summed E-state index contributed by atoms with van der Waals surface area (Å²) in [5.74, 6) is 0.358. The molecule has 0 aromatic heterocycles. The number of amides is 1. The molecule has 1 saturated heterocycles. The fourth-order valence-corrected chi connectivity index (χ4v) is 1.56. The summed E-state index contributed by atoms with van der Waals surface area (Å²) >= 11 is 0. The molecule has 1 amide bonds. The van der Waals surface area contributed by atoms with E-state index in [9.17, 15) is 4.79 Å². The Morgan fingerprint density at radius 1 is 1.47 bits per heavy atom. The van der Waals surface area contributed by atoms with Gasteiger partial charge in [-0.3, -0.25) is 0 Å². The number of carbonyl (C=O) groups is 1. The van der Waals surface area contributed by atoms with Gasteiger partial charge in [0.1, 0.15) is 5.60 Å². The maximum absolute atomic E-state index is 11.6. The summed E-state index contributed by atoms with van der Waals surface area (Å²) in [6, 6.07) is 0. The van der Waals surface area contributed by atoms with E-state index in [1.54, 1.807) is 4.90 Å². The molecule has 0 bridgehead atoms. The van der Waals surface area contributed by atoms with E-state index in [2.05, 4.69) is 6.92 Å². The third-order valence-corrected chi connectivity index (χ3v) is 2.17. The zero-order chi connectivity index (χ0) is 10.8. The second-order valence-electron chi connectivity index (χ2n) is 4.93. The molecule has 15 heavy (non-hydrogen) atoms. The molecule has 4 heteroatoms. The molecule has 1 heterocycles. The van der Waals surface area contributed by atoms with E-state index in [1.165, 1.54) is 0 Å². The van der Waals surface area contributed by atoms with Crippen LogP contribution < -0.4 is 0 Å². The molecule has 1 atom stereocenters. The van der Waals surface area contributed by atoms with Gasteiger partial charge in [-0.05, 0) is 33.7 Å². The molecule has 0 saturated carbocycles. The van der Waals surface area contributed by atoms with Crippen LogP contribution in [-0.2, 0) is 24.2 Å². The van der Waals surface area contributed by atoms with Gasteiger partial charge in [0, 0.05) is 6.54 Å². The van der Waals surface area contributed by atoms with Crippen molar-refractivity contribution in [2.24, 2.45) is 5.92 Å². The first kappa shape index (κ1) is 14.9. The van der Waals surface area contributed by atoms with Crippen molar-refractivity contribution in [2.75, 3.05) is 13.1 Å². The van der Waals surface area contributed by atoms with Crippen molar-refractivity contribution in [1.82, 2.24) is 4.90 Å². The van der Waals surface area contributed by atoms with Gasteiger partial charge < -0.3 is 16.6 Å². The van der Waals surface area contributed by atoms with E-state index in [-0.39, 0.29) is 25.6 Å². The Morgan fingerprint density at radius 2 is 2.07 bits per heavy atom. The van der Waals surface area contributed by atoms with Crippen LogP contribution in [0, 0.1) is 12.8 Å². The summed E-state index contributed by atoms with van der Waals surface area (Å²) in [5.41, 5.74) is -0.398. The van der Waals surface area contributed by atoms with Crippen LogP contribution >= 0.6 is 0 Å². The van der Waals surface area contributed by atoms with Crippen LogP contribution in [0.15, 0.2) is 0 Å². The molecule has 1 aliphatic rings. The van der Waals surface area contributed by atoms with Crippen LogP contribution in [0.25, 0.3) is 0 Å². The van der Waals surface area contributed by atoms with Crippen LogP contribution in [0.5, 0.6) is 0 Å². The molecule has 0 aromatic rings. The van der Waals surface area contributed by atoms with Crippen molar-refractivity contribution in [3.63, 3.8) is 0 Å². The Labute approximate surface area is 105 Å². The van der Waals surface area contributed by atoms with E-state index >= 15 is 0 Å². The van der Waals surface area contributed by atoms with Crippen molar-refractivity contribution in [1.29, 1.82) is 0 Å². The summed E-state index contributed by atoms with van der Waals surface area (Å²) in [4.78, 5) is 13.4. The summed E-state index contributed by atoms with van der Waals surface area (Å²) in [6.07, 6.45) is 1.94. The molecule has 0 radical (unpaired) electrons. The van der Waals surface area contributed by atoms with Gasteiger partial charge in [-0.25, -0.2) is 4.79 Å². The number of likely N-dealkylation sites (tertiary alicyclic amines) is 1. The average molecular weight is 264 g/mol. The zero-order valence-corrected chi connectivity index (χ0v) is 13.1. The van der Waals surface area contributed by atoms with E-state index in [4.69, 9.17) is 4.74 Å². The first-order valence-corrected chi connectivity index (χ1v) is 5.19. The largest absolute Gasteiger partial charge is 2.00 e. The Kier molecular flexibility index (Phi) is 5.79. The van der Waals surface area contributed by atoms with Crippen LogP contribution in [0.1, 0.15) is 33.6 Å². The number of nitrogens with zero attached hydrogens (tertiary/aromatic N) is 1. The monoisotopic (exact) mass is 262 g/mol. The quantitative estimate of drug-likeness (QED) is 0.496. The Balaban J connectivity index is 0.00000196. The predicted octanol–water partition coefficient (Wildman–Crippen LogP) is 2.47. The standard InChI is InChI=1S/C11H20NO2.Zn/c1-9-6-5-7-12(8-9)10(13)14-11(2,3)4;/h9H,1,5-8H2,2-4H3;/q-1;+2. The molecule has 82 valence electrons. The third kappa shape index (κ3) is 5.51. The Hall–Kier alpha value is -0.107. The van der Waals surface area contributed by atoms with Gasteiger partial charge in [0.15, 0.2) is 0 Å². The summed E-state index contributed by atoms with van der Waals surface area (Å²) in [7, 11) is 0. The molecule has 0 N–H and O–H groups in total. The van der Waals surface area contributed by atoms with E-state index in [0.717, 1.165) is 25.9 Å². The van der Waals surface area contributed by atoms with Crippen LogP contribution in [0.4, 0.5) is 4.79 Å². The summed E-state index contributed by atoms with van der Waals surface area (Å²) in [6.45, 7) is 11.2. The molecule has 1 unspecified atom stereocenters. The Morgan fingerprint density at radius 3 is 2.53 bits per heavy atom. The zero-order valence-electron chi connectivity index (χ0n) is 10.1. The van der Waals surface area contributed by atoms with Gasteiger partial charge in [0.2, 0.25) is 0 Å².